The van der Waals surface area contributed by atoms with E-state index in [0.717, 1.165) is 53.3 Å². The van der Waals surface area contributed by atoms with Crippen molar-refractivity contribution in [2.24, 2.45) is 0 Å². The van der Waals surface area contributed by atoms with Gasteiger partial charge in [-0.25, -0.2) is 4.79 Å². The van der Waals surface area contributed by atoms with Crippen molar-refractivity contribution in [2.45, 2.75) is 59.4 Å². The van der Waals surface area contributed by atoms with Crippen molar-refractivity contribution in [2.75, 3.05) is 17.2 Å². The molecule has 0 saturated carbocycles. The molecule has 0 bridgehead atoms. The average Bonchev–Trinajstić information content (AvgIpc) is 3.23. The molecule has 0 atom stereocenters. The number of nitrogens with zero attached hydrogens (tertiary/aromatic N) is 2. The summed E-state index contributed by atoms with van der Waals surface area (Å²) in [6, 6.07) is 14.8. The van der Waals surface area contributed by atoms with Crippen LogP contribution < -0.4 is 10.6 Å². The van der Waals surface area contributed by atoms with Crippen molar-refractivity contribution >= 4 is 56.1 Å². The first-order valence-corrected chi connectivity index (χ1v) is 14.1. The Labute approximate surface area is 227 Å². The number of carbonyl (C=O) groups is 1. The Morgan fingerprint density at radius 1 is 1.08 bits per heavy atom. The minimum absolute atomic E-state index is 0.275. The highest BCUT2D eigenvalue weighted by molar-refractivity contribution is 7.80. The van der Waals surface area contributed by atoms with Crippen LogP contribution in [0.2, 0.25) is 0 Å². The van der Waals surface area contributed by atoms with Gasteiger partial charge in [-0.2, -0.15) is 5.10 Å². The Kier molecular flexibility index (Phi) is 7.58. The zero-order chi connectivity index (χ0) is 25.9. The van der Waals surface area contributed by atoms with Gasteiger partial charge in [0.1, 0.15) is 5.00 Å². The molecular weight excluding hydrogens is 500 g/mol. The standard InChI is InChI=1S/C29H32N4O2S2/c1-4-35-28(34)25-23-15-6-5-7-16-24(23)37-27(25)31-29(36)30-26-18(2)32-33(19(26)3)17-21-13-10-12-20-11-8-9-14-22(20)21/h8-14H,4-7,15-17H2,1-3H3,(H2,30,31,36). The van der Waals surface area contributed by atoms with Gasteiger partial charge in [-0.3, -0.25) is 4.68 Å². The normalized spacial score (nSPS) is 13.2. The van der Waals surface area contributed by atoms with Gasteiger partial charge in [-0.05, 0) is 80.6 Å². The van der Waals surface area contributed by atoms with E-state index >= 15 is 0 Å². The number of anilines is 2. The maximum absolute atomic E-state index is 12.9. The summed E-state index contributed by atoms with van der Waals surface area (Å²) in [6.45, 7) is 6.88. The van der Waals surface area contributed by atoms with Crippen LogP contribution in [0.15, 0.2) is 42.5 Å². The number of aromatic nitrogens is 2. The summed E-state index contributed by atoms with van der Waals surface area (Å²) in [6.07, 6.45) is 5.32. The van der Waals surface area contributed by atoms with Crippen LogP contribution in [-0.2, 0) is 24.1 Å². The monoisotopic (exact) mass is 532 g/mol. The number of carbonyl (C=O) groups excluding carboxylic acids is 1. The topological polar surface area (TPSA) is 68.2 Å². The molecule has 0 spiro atoms. The van der Waals surface area contributed by atoms with Crippen molar-refractivity contribution in [1.82, 2.24) is 9.78 Å². The van der Waals surface area contributed by atoms with Crippen LogP contribution >= 0.6 is 23.6 Å². The summed E-state index contributed by atoms with van der Waals surface area (Å²) in [5, 5.41) is 15.1. The van der Waals surface area contributed by atoms with E-state index in [4.69, 9.17) is 22.1 Å². The number of ether oxygens (including phenoxy) is 1. The molecule has 0 aliphatic heterocycles. The van der Waals surface area contributed by atoms with Gasteiger partial charge in [0, 0.05) is 4.88 Å². The van der Waals surface area contributed by atoms with Crippen molar-refractivity contribution < 1.29 is 9.53 Å². The second-order valence-electron chi connectivity index (χ2n) is 9.41. The number of esters is 1. The number of thiophene rings is 1. The highest BCUT2D eigenvalue weighted by Crippen LogP contribution is 2.38. The molecule has 8 heteroatoms. The second-order valence-corrected chi connectivity index (χ2v) is 10.9. The van der Waals surface area contributed by atoms with Gasteiger partial charge in [0.25, 0.3) is 0 Å². The number of thiocarbonyl (C=S) groups is 1. The number of rotatable bonds is 6. The van der Waals surface area contributed by atoms with Crippen LogP contribution in [-0.4, -0.2) is 27.5 Å². The predicted octanol–water partition coefficient (Wildman–Crippen LogP) is 7.02. The van der Waals surface area contributed by atoms with Crippen molar-refractivity contribution in [3.8, 4) is 0 Å². The summed E-state index contributed by atoms with van der Waals surface area (Å²) in [4.78, 5) is 14.2. The third-order valence-corrected chi connectivity index (χ3v) is 8.36. The maximum Gasteiger partial charge on any atom is 0.341 e. The summed E-state index contributed by atoms with van der Waals surface area (Å²) in [5.74, 6) is -0.275. The Bertz CT molecular complexity index is 1470. The lowest BCUT2D eigenvalue weighted by molar-refractivity contribution is 0.0527. The zero-order valence-corrected chi connectivity index (χ0v) is 23.2. The number of aryl methyl sites for hydroxylation is 2. The van der Waals surface area contributed by atoms with Crippen molar-refractivity contribution in [3.63, 3.8) is 0 Å². The molecule has 192 valence electrons. The number of fused-ring (bicyclic) bond motifs is 2. The highest BCUT2D eigenvalue weighted by atomic mass is 32.1. The smallest absolute Gasteiger partial charge is 0.341 e. The van der Waals surface area contributed by atoms with Crippen molar-refractivity contribution in [3.05, 3.63) is 75.4 Å². The van der Waals surface area contributed by atoms with Crippen LogP contribution in [0.4, 0.5) is 10.7 Å². The molecule has 6 nitrogen and oxygen atoms in total. The zero-order valence-electron chi connectivity index (χ0n) is 21.5. The summed E-state index contributed by atoms with van der Waals surface area (Å²) in [5.41, 5.74) is 5.75. The minimum atomic E-state index is -0.275. The Balaban J connectivity index is 1.37. The highest BCUT2D eigenvalue weighted by Gasteiger charge is 2.26. The molecule has 0 saturated heterocycles. The van der Waals surface area contributed by atoms with E-state index in [1.165, 1.54) is 27.6 Å². The molecule has 2 aromatic carbocycles. The van der Waals surface area contributed by atoms with Gasteiger partial charge in [-0.1, -0.05) is 48.9 Å². The lowest BCUT2D eigenvalue weighted by Gasteiger charge is -2.12. The van der Waals surface area contributed by atoms with Crippen LogP contribution in [0.3, 0.4) is 0 Å². The van der Waals surface area contributed by atoms with Gasteiger partial charge in [-0.15, -0.1) is 11.3 Å². The van der Waals surface area contributed by atoms with E-state index in [1.807, 2.05) is 25.5 Å². The summed E-state index contributed by atoms with van der Waals surface area (Å²) >= 11 is 7.34. The lowest BCUT2D eigenvalue weighted by atomic mass is 10.0. The molecule has 0 fully saturated rings. The van der Waals surface area contributed by atoms with Gasteiger partial charge >= 0.3 is 5.97 Å². The first kappa shape index (κ1) is 25.4. The average molecular weight is 533 g/mol. The molecule has 37 heavy (non-hydrogen) atoms. The molecule has 0 unspecified atom stereocenters. The van der Waals surface area contributed by atoms with Crippen LogP contribution in [0.25, 0.3) is 10.8 Å². The third kappa shape index (κ3) is 5.26. The first-order valence-electron chi connectivity index (χ1n) is 12.9. The van der Waals surface area contributed by atoms with Gasteiger partial charge in [0.05, 0.1) is 35.8 Å². The number of hydrogen-bond acceptors (Lipinski definition) is 5. The molecule has 1 aliphatic rings. The van der Waals surface area contributed by atoms with Gasteiger partial charge < -0.3 is 15.4 Å². The number of benzene rings is 2. The lowest BCUT2D eigenvalue weighted by Crippen LogP contribution is -2.21. The fraction of sp³-hybridized carbons (Fsp3) is 0.345. The molecular formula is C29H32N4O2S2. The molecule has 1 aliphatic carbocycles. The van der Waals surface area contributed by atoms with E-state index in [-0.39, 0.29) is 5.97 Å². The van der Waals surface area contributed by atoms with E-state index < -0.39 is 0 Å². The van der Waals surface area contributed by atoms with Crippen LogP contribution in [0, 0.1) is 13.8 Å². The van der Waals surface area contributed by atoms with Gasteiger partial charge in [0.2, 0.25) is 0 Å². The second kappa shape index (κ2) is 11.0. The molecule has 2 aromatic heterocycles. The molecule has 4 aromatic rings. The molecule has 0 amide bonds. The number of hydrogen-bond donors (Lipinski definition) is 2. The minimum Gasteiger partial charge on any atom is -0.462 e. The largest absolute Gasteiger partial charge is 0.462 e. The van der Waals surface area contributed by atoms with E-state index in [9.17, 15) is 4.79 Å². The van der Waals surface area contributed by atoms with E-state index in [0.29, 0.717) is 23.8 Å². The Morgan fingerprint density at radius 3 is 2.70 bits per heavy atom. The Morgan fingerprint density at radius 2 is 1.86 bits per heavy atom. The molecule has 2 N–H and O–H groups in total. The molecule has 0 radical (unpaired) electrons. The third-order valence-electron chi connectivity index (χ3n) is 6.95. The van der Waals surface area contributed by atoms with E-state index in [1.54, 1.807) is 11.3 Å². The van der Waals surface area contributed by atoms with Gasteiger partial charge in [0.15, 0.2) is 5.11 Å². The predicted molar refractivity (Wildman–Crippen MR) is 156 cm³/mol. The Hall–Kier alpha value is -3.23. The van der Waals surface area contributed by atoms with E-state index in [2.05, 4.69) is 53.1 Å². The molecule has 5 rings (SSSR count). The quantitative estimate of drug-likeness (QED) is 0.158. The summed E-state index contributed by atoms with van der Waals surface area (Å²) < 4.78 is 7.43. The van der Waals surface area contributed by atoms with Crippen LogP contribution in [0.5, 0.6) is 0 Å². The SMILES string of the molecule is CCOC(=O)c1c(NC(=S)Nc2c(C)nn(Cc3cccc4ccccc34)c2C)sc2c1CCCCC2. The summed E-state index contributed by atoms with van der Waals surface area (Å²) in [7, 11) is 0. The first-order chi connectivity index (χ1) is 18.0. The fourth-order valence-corrected chi connectivity index (χ4v) is 6.67. The fourth-order valence-electron chi connectivity index (χ4n) is 5.12. The maximum atomic E-state index is 12.9. The number of nitrogens with one attached hydrogen (secondary N) is 2. The van der Waals surface area contributed by atoms with Crippen molar-refractivity contribution in [1.29, 1.82) is 0 Å². The molecule has 2 heterocycles. The van der Waals surface area contributed by atoms with Crippen LogP contribution in [0.1, 0.15) is 63.9 Å².